The molecule has 172 valence electrons. The minimum atomic E-state index is -3.82. The van der Waals surface area contributed by atoms with Crippen molar-refractivity contribution in [3.63, 3.8) is 0 Å². The van der Waals surface area contributed by atoms with E-state index in [1.807, 2.05) is 30.3 Å². The van der Waals surface area contributed by atoms with Crippen molar-refractivity contribution < 1.29 is 17.9 Å². The van der Waals surface area contributed by atoms with E-state index in [9.17, 15) is 13.2 Å². The summed E-state index contributed by atoms with van der Waals surface area (Å²) in [5.74, 6) is -1.23. The number of carbonyl (C=O) groups is 1. The molecule has 0 spiro atoms. The summed E-state index contributed by atoms with van der Waals surface area (Å²) < 4.78 is 32.9. The van der Waals surface area contributed by atoms with Crippen LogP contribution in [0.2, 0.25) is 0 Å². The van der Waals surface area contributed by atoms with Gasteiger partial charge < -0.3 is 19.9 Å². The van der Waals surface area contributed by atoms with Gasteiger partial charge in [0.25, 0.3) is 0 Å². The smallest absolute Gasteiger partial charge is 0.241 e. The Morgan fingerprint density at radius 1 is 0.844 bits per heavy atom. The van der Waals surface area contributed by atoms with Crippen molar-refractivity contribution in [3.05, 3.63) is 48.5 Å². The Balaban J connectivity index is 1.32. The third-order valence-corrected chi connectivity index (χ3v) is 6.88. The van der Waals surface area contributed by atoms with E-state index in [1.165, 1.54) is 19.3 Å². The zero-order valence-electron chi connectivity index (χ0n) is 18.1. The highest BCUT2D eigenvalue weighted by molar-refractivity contribution is 7.93. The van der Waals surface area contributed by atoms with Gasteiger partial charge in [-0.15, -0.1) is 0 Å². The molecule has 2 heterocycles. The van der Waals surface area contributed by atoms with Gasteiger partial charge in [-0.3, -0.25) is 9.52 Å². The van der Waals surface area contributed by atoms with E-state index in [0.29, 0.717) is 24.6 Å². The molecule has 2 fully saturated rings. The normalized spacial score (nSPS) is 17.1. The largest absolute Gasteiger partial charge is 0.378 e. The highest BCUT2D eigenvalue weighted by atomic mass is 32.2. The van der Waals surface area contributed by atoms with E-state index in [1.54, 1.807) is 18.2 Å². The lowest BCUT2D eigenvalue weighted by atomic mass is 10.1. The lowest BCUT2D eigenvalue weighted by Gasteiger charge is -2.29. The van der Waals surface area contributed by atoms with Crippen molar-refractivity contribution in [1.82, 2.24) is 0 Å². The summed E-state index contributed by atoms with van der Waals surface area (Å²) in [4.78, 5) is 16.9. The quantitative estimate of drug-likeness (QED) is 0.663. The lowest BCUT2D eigenvalue weighted by molar-refractivity contribution is -0.113. The van der Waals surface area contributed by atoms with Crippen molar-refractivity contribution in [2.75, 3.05) is 65.0 Å². The average Bonchev–Trinajstić information content (AvgIpc) is 2.80. The van der Waals surface area contributed by atoms with Crippen molar-refractivity contribution in [3.8, 4) is 0 Å². The summed E-state index contributed by atoms with van der Waals surface area (Å²) in [7, 11) is -3.82. The Kier molecular flexibility index (Phi) is 7.16. The number of benzene rings is 2. The van der Waals surface area contributed by atoms with Gasteiger partial charge in [-0.2, -0.15) is 0 Å². The monoisotopic (exact) mass is 458 g/mol. The Hall–Kier alpha value is -2.78. The second-order valence-electron chi connectivity index (χ2n) is 8.15. The molecule has 2 saturated heterocycles. The number of hydrogen-bond acceptors (Lipinski definition) is 6. The van der Waals surface area contributed by atoms with Crippen LogP contribution >= 0.6 is 0 Å². The fourth-order valence-electron chi connectivity index (χ4n) is 4.08. The summed E-state index contributed by atoms with van der Waals surface area (Å²) in [6.07, 6.45) is 3.62. The van der Waals surface area contributed by atoms with Crippen molar-refractivity contribution in [2.24, 2.45) is 0 Å². The van der Waals surface area contributed by atoms with Crippen LogP contribution in [0.4, 0.5) is 22.7 Å². The number of carbonyl (C=O) groups excluding carboxylic acids is 1. The molecule has 2 aliphatic heterocycles. The second kappa shape index (κ2) is 10.2. The molecule has 0 bridgehead atoms. The number of nitrogens with one attached hydrogen (secondary N) is 2. The van der Waals surface area contributed by atoms with Gasteiger partial charge in [-0.25, -0.2) is 8.42 Å². The molecule has 2 aliphatic rings. The molecule has 0 atom stereocenters. The van der Waals surface area contributed by atoms with Gasteiger partial charge in [0.2, 0.25) is 15.9 Å². The molecule has 2 aromatic rings. The minimum absolute atomic E-state index is 0.452. The summed E-state index contributed by atoms with van der Waals surface area (Å²) in [6, 6.07) is 14.7. The highest BCUT2D eigenvalue weighted by Crippen LogP contribution is 2.23. The molecule has 0 radical (unpaired) electrons. The number of sulfonamides is 1. The predicted molar refractivity (Wildman–Crippen MR) is 128 cm³/mol. The number of rotatable bonds is 7. The van der Waals surface area contributed by atoms with Crippen LogP contribution in [-0.2, 0) is 19.6 Å². The first-order valence-corrected chi connectivity index (χ1v) is 12.7. The second-order valence-corrected chi connectivity index (χ2v) is 9.88. The number of morpholine rings is 1. The zero-order valence-corrected chi connectivity index (χ0v) is 18.9. The van der Waals surface area contributed by atoms with E-state index in [0.717, 1.165) is 37.6 Å². The fourth-order valence-corrected chi connectivity index (χ4v) is 5.06. The van der Waals surface area contributed by atoms with Gasteiger partial charge >= 0.3 is 0 Å². The maximum absolute atomic E-state index is 12.5. The number of amides is 1. The first-order chi connectivity index (χ1) is 15.5. The number of nitrogens with zero attached hydrogens (tertiary/aromatic N) is 2. The van der Waals surface area contributed by atoms with Gasteiger partial charge in [0, 0.05) is 48.9 Å². The lowest BCUT2D eigenvalue weighted by Crippen LogP contribution is -2.36. The predicted octanol–water partition coefficient (Wildman–Crippen LogP) is 2.89. The maximum atomic E-state index is 12.5. The van der Waals surface area contributed by atoms with Crippen molar-refractivity contribution in [2.45, 2.75) is 19.3 Å². The molecule has 8 nitrogen and oxygen atoms in total. The Bertz CT molecular complexity index is 1010. The van der Waals surface area contributed by atoms with Gasteiger partial charge in [0.15, 0.2) is 0 Å². The van der Waals surface area contributed by atoms with Gasteiger partial charge in [-0.05, 0) is 61.7 Å². The molecular weight excluding hydrogens is 428 g/mol. The van der Waals surface area contributed by atoms with Crippen LogP contribution in [-0.4, -0.2) is 59.5 Å². The number of piperidine rings is 1. The third kappa shape index (κ3) is 6.14. The SMILES string of the molecule is O=C(CS(=O)(=O)Nc1ccc(N2CCCCC2)cc1)Nc1cccc(N2CCOCC2)c1. The Morgan fingerprint density at radius 3 is 2.25 bits per heavy atom. The van der Waals surface area contributed by atoms with Crippen LogP contribution in [0.15, 0.2) is 48.5 Å². The van der Waals surface area contributed by atoms with Crippen LogP contribution < -0.4 is 19.8 Å². The zero-order chi connectivity index (χ0) is 22.4. The molecule has 4 rings (SSSR count). The molecule has 32 heavy (non-hydrogen) atoms. The first kappa shape index (κ1) is 22.4. The summed E-state index contributed by atoms with van der Waals surface area (Å²) in [6.45, 7) is 4.95. The van der Waals surface area contributed by atoms with Crippen molar-refractivity contribution >= 4 is 38.7 Å². The number of hydrogen-bond donors (Lipinski definition) is 2. The van der Waals surface area contributed by atoms with Crippen LogP contribution in [0, 0.1) is 0 Å². The van der Waals surface area contributed by atoms with E-state index in [-0.39, 0.29) is 0 Å². The fraction of sp³-hybridized carbons (Fsp3) is 0.435. The summed E-state index contributed by atoms with van der Waals surface area (Å²) >= 11 is 0. The van der Waals surface area contributed by atoms with E-state index in [2.05, 4.69) is 19.8 Å². The van der Waals surface area contributed by atoms with Crippen LogP contribution in [0.25, 0.3) is 0 Å². The topological polar surface area (TPSA) is 91.0 Å². The maximum Gasteiger partial charge on any atom is 0.241 e. The molecule has 0 aliphatic carbocycles. The molecule has 2 aromatic carbocycles. The van der Waals surface area contributed by atoms with Gasteiger partial charge in [-0.1, -0.05) is 6.07 Å². The summed E-state index contributed by atoms with van der Waals surface area (Å²) in [5, 5.41) is 2.69. The Morgan fingerprint density at radius 2 is 1.53 bits per heavy atom. The van der Waals surface area contributed by atoms with Gasteiger partial charge in [0.05, 0.1) is 13.2 Å². The van der Waals surface area contributed by atoms with E-state index in [4.69, 9.17) is 4.74 Å². The summed E-state index contributed by atoms with van der Waals surface area (Å²) in [5.41, 5.74) is 3.08. The first-order valence-electron chi connectivity index (χ1n) is 11.1. The number of anilines is 4. The van der Waals surface area contributed by atoms with Crippen LogP contribution in [0.3, 0.4) is 0 Å². The number of ether oxygens (including phenoxy) is 1. The highest BCUT2D eigenvalue weighted by Gasteiger charge is 2.18. The molecule has 0 saturated carbocycles. The molecular formula is C23H30N4O4S. The van der Waals surface area contributed by atoms with Crippen LogP contribution in [0.5, 0.6) is 0 Å². The standard InChI is InChI=1S/C23H30N4O4S/c28-23(24-20-5-4-6-22(17-20)27-13-15-31-16-14-27)18-32(29,30)25-19-7-9-21(10-8-19)26-11-2-1-3-12-26/h4-10,17,25H,1-3,11-16,18H2,(H,24,28). The Labute approximate surface area is 189 Å². The molecule has 2 N–H and O–H groups in total. The molecule has 0 unspecified atom stereocenters. The van der Waals surface area contributed by atoms with Crippen molar-refractivity contribution in [1.29, 1.82) is 0 Å². The van der Waals surface area contributed by atoms with E-state index >= 15 is 0 Å². The molecule has 0 aromatic heterocycles. The minimum Gasteiger partial charge on any atom is -0.378 e. The third-order valence-electron chi connectivity index (χ3n) is 5.69. The molecule has 9 heteroatoms. The molecule has 1 amide bonds. The van der Waals surface area contributed by atoms with E-state index < -0.39 is 21.7 Å². The van der Waals surface area contributed by atoms with Gasteiger partial charge in [0.1, 0.15) is 5.75 Å². The van der Waals surface area contributed by atoms with Crippen LogP contribution in [0.1, 0.15) is 19.3 Å². The average molecular weight is 459 g/mol.